The second kappa shape index (κ2) is 5.09. The summed E-state index contributed by atoms with van der Waals surface area (Å²) in [5, 5.41) is 0. The Hall–Kier alpha value is -2.15. The molecule has 0 fully saturated rings. The van der Waals surface area contributed by atoms with Gasteiger partial charge in [-0.25, -0.2) is 0 Å². The van der Waals surface area contributed by atoms with Crippen LogP contribution in [0.3, 0.4) is 0 Å². The van der Waals surface area contributed by atoms with E-state index in [2.05, 4.69) is 55.5 Å². The van der Waals surface area contributed by atoms with Crippen LogP contribution in [0.4, 0.5) is 0 Å². The van der Waals surface area contributed by atoms with Crippen molar-refractivity contribution in [3.63, 3.8) is 0 Å². The summed E-state index contributed by atoms with van der Waals surface area (Å²) >= 11 is 0. The van der Waals surface area contributed by atoms with Gasteiger partial charge in [0.25, 0.3) is 0 Å². The molecule has 20 heavy (non-hydrogen) atoms. The Morgan fingerprint density at radius 1 is 0.800 bits per heavy atom. The summed E-state index contributed by atoms with van der Waals surface area (Å²) in [7, 11) is 0. The predicted octanol–water partition coefficient (Wildman–Crippen LogP) is 4.80. The summed E-state index contributed by atoms with van der Waals surface area (Å²) in [6.45, 7) is 4.05. The van der Waals surface area contributed by atoms with Crippen molar-refractivity contribution in [3.8, 4) is 11.1 Å². The van der Waals surface area contributed by atoms with E-state index in [1.54, 1.807) is 0 Å². The molecule has 0 unspecified atom stereocenters. The highest BCUT2D eigenvalue weighted by Gasteiger charge is 2.22. The van der Waals surface area contributed by atoms with Gasteiger partial charge in [-0.3, -0.25) is 4.79 Å². The van der Waals surface area contributed by atoms with E-state index < -0.39 is 0 Å². The maximum Gasteiger partial charge on any atom is 0.159 e. The third-order valence-corrected chi connectivity index (χ3v) is 4.09. The molecule has 1 aliphatic carbocycles. The van der Waals surface area contributed by atoms with Gasteiger partial charge in [0, 0.05) is 6.42 Å². The summed E-state index contributed by atoms with van der Waals surface area (Å²) in [5.41, 5.74) is 7.05. The molecule has 0 saturated heterocycles. The van der Waals surface area contributed by atoms with Crippen molar-refractivity contribution in [3.05, 3.63) is 65.2 Å². The normalized spacial score (nSPS) is 15.0. The monoisotopic (exact) mass is 262 g/mol. The van der Waals surface area contributed by atoms with Crippen molar-refractivity contribution in [1.82, 2.24) is 0 Å². The van der Waals surface area contributed by atoms with Crippen molar-refractivity contribution in [2.75, 3.05) is 0 Å². The first-order valence-electron chi connectivity index (χ1n) is 7.06. The zero-order valence-electron chi connectivity index (χ0n) is 11.9. The molecule has 0 bridgehead atoms. The highest BCUT2D eigenvalue weighted by molar-refractivity contribution is 6.07. The van der Waals surface area contributed by atoms with Gasteiger partial charge in [-0.2, -0.15) is 0 Å². The molecule has 0 saturated carbocycles. The van der Waals surface area contributed by atoms with Crippen LogP contribution in [-0.2, 0) is 4.79 Å². The van der Waals surface area contributed by atoms with Gasteiger partial charge in [-0.1, -0.05) is 54.1 Å². The van der Waals surface area contributed by atoms with E-state index in [9.17, 15) is 4.79 Å². The van der Waals surface area contributed by atoms with Gasteiger partial charge in [-0.15, -0.1) is 0 Å². The maximum atomic E-state index is 11.8. The van der Waals surface area contributed by atoms with Crippen LogP contribution in [0.15, 0.2) is 54.1 Å². The van der Waals surface area contributed by atoms with Gasteiger partial charge in [0.2, 0.25) is 0 Å². The van der Waals surface area contributed by atoms with E-state index in [0.717, 1.165) is 12.0 Å². The van der Waals surface area contributed by atoms with E-state index in [1.807, 2.05) is 6.92 Å². The SMILES string of the molecule is CC1=C(c2ccccc2-c2ccc(C)cc2)CCC1=O. The molecule has 2 aromatic rings. The lowest BCUT2D eigenvalue weighted by Gasteiger charge is -2.12. The Labute approximate surface area is 120 Å². The second-order valence-electron chi connectivity index (χ2n) is 5.44. The molecule has 1 nitrogen and oxygen atoms in total. The standard InChI is InChI=1S/C19H18O/c1-13-7-9-15(10-8-13)17-5-3-4-6-18(17)16-11-12-19(20)14(16)2/h3-10H,11-12H2,1-2H3. The van der Waals surface area contributed by atoms with Gasteiger partial charge >= 0.3 is 0 Å². The first kappa shape index (κ1) is 12.9. The van der Waals surface area contributed by atoms with Crippen LogP contribution in [0.5, 0.6) is 0 Å². The Morgan fingerprint density at radius 2 is 1.45 bits per heavy atom. The molecule has 0 atom stereocenters. The minimum absolute atomic E-state index is 0.290. The molecule has 0 spiro atoms. The smallest absolute Gasteiger partial charge is 0.159 e. The summed E-state index contributed by atoms with van der Waals surface area (Å²) in [4.78, 5) is 11.8. The van der Waals surface area contributed by atoms with Crippen molar-refractivity contribution in [1.29, 1.82) is 0 Å². The maximum absolute atomic E-state index is 11.8. The van der Waals surface area contributed by atoms with Crippen molar-refractivity contribution in [2.45, 2.75) is 26.7 Å². The van der Waals surface area contributed by atoms with Crippen LogP contribution < -0.4 is 0 Å². The summed E-state index contributed by atoms with van der Waals surface area (Å²) in [6.07, 6.45) is 1.52. The number of hydrogen-bond acceptors (Lipinski definition) is 1. The Kier molecular flexibility index (Phi) is 3.27. The molecular weight excluding hydrogens is 244 g/mol. The fourth-order valence-electron chi connectivity index (χ4n) is 2.85. The molecule has 100 valence electrons. The molecule has 3 rings (SSSR count). The zero-order valence-corrected chi connectivity index (χ0v) is 11.9. The quantitative estimate of drug-likeness (QED) is 0.760. The van der Waals surface area contributed by atoms with Gasteiger partial charge in [-0.05, 0) is 48.1 Å². The van der Waals surface area contributed by atoms with E-state index in [1.165, 1.54) is 27.8 Å². The molecule has 0 aliphatic heterocycles. The number of allylic oxidation sites excluding steroid dienone is 2. The van der Waals surface area contributed by atoms with E-state index in [4.69, 9.17) is 0 Å². The lowest BCUT2D eigenvalue weighted by atomic mass is 9.92. The molecule has 0 radical (unpaired) electrons. The minimum atomic E-state index is 0.290. The number of carbonyl (C=O) groups excluding carboxylic acids is 1. The Morgan fingerprint density at radius 3 is 2.05 bits per heavy atom. The largest absolute Gasteiger partial charge is 0.295 e. The first-order valence-corrected chi connectivity index (χ1v) is 7.06. The molecule has 0 N–H and O–H groups in total. The number of rotatable bonds is 2. The second-order valence-corrected chi connectivity index (χ2v) is 5.44. The average molecular weight is 262 g/mol. The fourth-order valence-corrected chi connectivity index (χ4v) is 2.85. The minimum Gasteiger partial charge on any atom is -0.295 e. The number of aryl methyl sites for hydroxylation is 1. The molecule has 2 aromatic carbocycles. The van der Waals surface area contributed by atoms with Crippen LogP contribution in [0.2, 0.25) is 0 Å². The van der Waals surface area contributed by atoms with Gasteiger partial charge in [0.15, 0.2) is 5.78 Å². The zero-order chi connectivity index (χ0) is 14.1. The van der Waals surface area contributed by atoms with Crippen LogP contribution in [-0.4, -0.2) is 5.78 Å². The third kappa shape index (κ3) is 2.20. The molecule has 0 amide bonds. The lowest BCUT2D eigenvalue weighted by molar-refractivity contribution is -0.114. The van der Waals surface area contributed by atoms with E-state index in [-0.39, 0.29) is 0 Å². The molecule has 0 aromatic heterocycles. The van der Waals surface area contributed by atoms with E-state index in [0.29, 0.717) is 12.2 Å². The van der Waals surface area contributed by atoms with Crippen LogP contribution in [0.1, 0.15) is 30.9 Å². The molecular formula is C19H18O. The average Bonchev–Trinajstić information content (AvgIpc) is 2.80. The van der Waals surface area contributed by atoms with Crippen molar-refractivity contribution < 1.29 is 4.79 Å². The highest BCUT2D eigenvalue weighted by Crippen LogP contribution is 2.37. The number of carbonyl (C=O) groups is 1. The summed E-state index contributed by atoms with van der Waals surface area (Å²) in [5.74, 6) is 0.290. The lowest BCUT2D eigenvalue weighted by Crippen LogP contribution is -1.92. The van der Waals surface area contributed by atoms with Crippen LogP contribution in [0.25, 0.3) is 16.7 Å². The predicted molar refractivity (Wildman–Crippen MR) is 83.5 cm³/mol. The number of benzene rings is 2. The van der Waals surface area contributed by atoms with Crippen LogP contribution in [0, 0.1) is 6.92 Å². The van der Waals surface area contributed by atoms with Gasteiger partial charge < -0.3 is 0 Å². The van der Waals surface area contributed by atoms with Gasteiger partial charge in [0.05, 0.1) is 0 Å². The number of Topliss-reactive ketones (excluding diaryl/α,β-unsaturated/α-hetero) is 1. The summed E-state index contributed by atoms with van der Waals surface area (Å²) < 4.78 is 0. The Bertz CT molecular complexity index is 690. The topological polar surface area (TPSA) is 17.1 Å². The van der Waals surface area contributed by atoms with E-state index >= 15 is 0 Å². The van der Waals surface area contributed by atoms with Crippen molar-refractivity contribution in [2.24, 2.45) is 0 Å². The third-order valence-electron chi connectivity index (χ3n) is 4.09. The number of ketones is 1. The summed E-state index contributed by atoms with van der Waals surface area (Å²) in [6, 6.07) is 17.0. The molecule has 1 heteroatoms. The van der Waals surface area contributed by atoms with Gasteiger partial charge in [0.1, 0.15) is 0 Å². The Balaban J connectivity index is 2.14. The highest BCUT2D eigenvalue weighted by atomic mass is 16.1. The fraction of sp³-hybridized carbons (Fsp3) is 0.211. The molecule has 0 heterocycles. The van der Waals surface area contributed by atoms with Crippen LogP contribution >= 0.6 is 0 Å². The number of hydrogen-bond donors (Lipinski definition) is 0. The molecule has 1 aliphatic rings. The first-order chi connectivity index (χ1) is 9.66. The van der Waals surface area contributed by atoms with Crippen molar-refractivity contribution >= 4 is 11.4 Å².